The summed E-state index contributed by atoms with van der Waals surface area (Å²) in [5, 5.41) is 3.05. The second kappa shape index (κ2) is 4.42. The van der Waals surface area contributed by atoms with Crippen LogP contribution in [0.2, 0.25) is 0 Å². The number of hydrogen-bond donors (Lipinski definition) is 1. The van der Waals surface area contributed by atoms with Gasteiger partial charge in [-0.05, 0) is 25.0 Å². The Kier molecular flexibility index (Phi) is 2.99. The molecule has 1 aliphatic heterocycles. The summed E-state index contributed by atoms with van der Waals surface area (Å²) in [5.74, 6) is -0.203. The first-order valence-electron chi connectivity index (χ1n) is 4.96. The molecule has 2 rings (SSSR count). The maximum atomic E-state index is 13.2. The summed E-state index contributed by atoms with van der Waals surface area (Å²) in [6.07, 6.45) is 2.43. The van der Waals surface area contributed by atoms with E-state index in [0.717, 1.165) is 19.4 Å². The molecule has 0 amide bonds. The van der Waals surface area contributed by atoms with Crippen LogP contribution in [-0.4, -0.2) is 19.3 Å². The summed E-state index contributed by atoms with van der Waals surface area (Å²) in [6.45, 7) is 1.53. The van der Waals surface area contributed by atoms with Crippen molar-refractivity contribution in [3.8, 4) is 0 Å². The smallest absolute Gasteiger partial charge is 0.146 e. The average Bonchev–Trinajstić information content (AvgIpc) is 2.69. The van der Waals surface area contributed by atoms with Gasteiger partial charge in [0.15, 0.2) is 0 Å². The Morgan fingerprint density at radius 1 is 1.43 bits per heavy atom. The molecular formula is C11H14FNO. The van der Waals surface area contributed by atoms with Gasteiger partial charge in [0, 0.05) is 13.2 Å². The number of halogens is 1. The van der Waals surface area contributed by atoms with E-state index in [-0.39, 0.29) is 11.9 Å². The fourth-order valence-electron chi connectivity index (χ4n) is 1.63. The van der Waals surface area contributed by atoms with Gasteiger partial charge in [-0.2, -0.15) is 0 Å². The molecule has 0 saturated carbocycles. The molecule has 1 fully saturated rings. The van der Waals surface area contributed by atoms with Crippen molar-refractivity contribution in [3.05, 3.63) is 30.1 Å². The number of rotatable bonds is 3. The molecule has 0 spiro atoms. The molecule has 1 aromatic rings. The number of benzene rings is 1. The van der Waals surface area contributed by atoms with E-state index in [9.17, 15) is 4.39 Å². The van der Waals surface area contributed by atoms with Gasteiger partial charge < -0.3 is 10.1 Å². The van der Waals surface area contributed by atoms with E-state index < -0.39 is 0 Å². The van der Waals surface area contributed by atoms with Gasteiger partial charge in [-0.25, -0.2) is 4.39 Å². The summed E-state index contributed by atoms with van der Waals surface area (Å²) in [5.41, 5.74) is 0.558. The third-order valence-corrected chi connectivity index (χ3v) is 2.42. The lowest BCUT2D eigenvalue weighted by molar-refractivity contribution is 0.120. The van der Waals surface area contributed by atoms with E-state index >= 15 is 0 Å². The van der Waals surface area contributed by atoms with E-state index in [1.807, 2.05) is 6.07 Å². The van der Waals surface area contributed by atoms with E-state index in [0.29, 0.717) is 12.2 Å². The molecule has 2 nitrogen and oxygen atoms in total. The number of hydrogen-bond acceptors (Lipinski definition) is 2. The van der Waals surface area contributed by atoms with Crippen LogP contribution in [0, 0.1) is 5.82 Å². The lowest BCUT2D eigenvalue weighted by Gasteiger charge is -2.12. The van der Waals surface area contributed by atoms with Gasteiger partial charge in [0.2, 0.25) is 0 Å². The molecule has 0 bridgehead atoms. The van der Waals surface area contributed by atoms with Gasteiger partial charge in [-0.1, -0.05) is 12.1 Å². The molecule has 1 N–H and O–H groups in total. The van der Waals surface area contributed by atoms with Gasteiger partial charge in [0.25, 0.3) is 0 Å². The maximum Gasteiger partial charge on any atom is 0.146 e. The summed E-state index contributed by atoms with van der Waals surface area (Å²) in [7, 11) is 0. The van der Waals surface area contributed by atoms with Crippen molar-refractivity contribution in [1.82, 2.24) is 0 Å². The third-order valence-electron chi connectivity index (χ3n) is 2.42. The largest absolute Gasteiger partial charge is 0.380 e. The molecule has 1 unspecified atom stereocenters. The molecule has 0 aliphatic carbocycles. The second-order valence-electron chi connectivity index (χ2n) is 3.50. The van der Waals surface area contributed by atoms with E-state index in [1.165, 1.54) is 6.07 Å². The Morgan fingerprint density at radius 2 is 2.29 bits per heavy atom. The third kappa shape index (κ3) is 2.23. The Hall–Kier alpha value is -1.09. The minimum Gasteiger partial charge on any atom is -0.380 e. The first-order valence-corrected chi connectivity index (χ1v) is 4.96. The standard InChI is InChI=1S/C11H14FNO/c12-10-5-1-2-6-11(10)13-8-9-4-3-7-14-9/h1-2,5-6,9,13H,3-4,7-8H2. The first kappa shape index (κ1) is 9.46. The molecule has 1 aliphatic rings. The number of anilines is 1. The topological polar surface area (TPSA) is 21.3 Å². The summed E-state index contributed by atoms with van der Waals surface area (Å²) < 4.78 is 18.6. The molecule has 1 heterocycles. The van der Waals surface area contributed by atoms with E-state index in [1.54, 1.807) is 12.1 Å². The zero-order valence-corrected chi connectivity index (χ0v) is 8.00. The van der Waals surface area contributed by atoms with Crippen molar-refractivity contribution in [2.75, 3.05) is 18.5 Å². The van der Waals surface area contributed by atoms with Crippen molar-refractivity contribution < 1.29 is 9.13 Å². The Bertz CT molecular complexity index is 297. The van der Waals surface area contributed by atoms with Crippen LogP contribution < -0.4 is 5.32 Å². The van der Waals surface area contributed by atoms with Crippen LogP contribution in [0.5, 0.6) is 0 Å². The lowest BCUT2D eigenvalue weighted by atomic mass is 10.2. The molecule has 0 radical (unpaired) electrons. The van der Waals surface area contributed by atoms with Crippen LogP contribution in [0.25, 0.3) is 0 Å². The van der Waals surface area contributed by atoms with Gasteiger partial charge in [0.05, 0.1) is 11.8 Å². The highest BCUT2D eigenvalue weighted by Gasteiger charge is 2.15. The van der Waals surface area contributed by atoms with Gasteiger partial charge >= 0.3 is 0 Å². The summed E-state index contributed by atoms with van der Waals surface area (Å²) in [6, 6.07) is 6.70. The quantitative estimate of drug-likeness (QED) is 0.799. The zero-order chi connectivity index (χ0) is 9.80. The highest BCUT2D eigenvalue weighted by molar-refractivity contribution is 5.44. The van der Waals surface area contributed by atoms with Crippen LogP contribution in [0.15, 0.2) is 24.3 Å². The SMILES string of the molecule is Fc1ccccc1NCC1CCCO1. The molecule has 1 aromatic carbocycles. The Balaban J connectivity index is 1.88. The fraction of sp³-hybridized carbons (Fsp3) is 0.455. The predicted molar refractivity (Wildman–Crippen MR) is 53.9 cm³/mol. The maximum absolute atomic E-state index is 13.2. The molecule has 1 atom stereocenters. The van der Waals surface area contributed by atoms with Gasteiger partial charge in [-0.15, -0.1) is 0 Å². The van der Waals surface area contributed by atoms with Crippen LogP contribution in [-0.2, 0) is 4.74 Å². The Morgan fingerprint density at radius 3 is 3.00 bits per heavy atom. The van der Waals surface area contributed by atoms with Crippen LogP contribution in [0.3, 0.4) is 0 Å². The molecule has 0 aromatic heterocycles. The first-order chi connectivity index (χ1) is 6.86. The number of para-hydroxylation sites is 1. The van der Waals surface area contributed by atoms with Crippen LogP contribution >= 0.6 is 0 Å². The van der Waals surface area contributed by atoms with Crippen molar-refractivity contribution in [1.29, 1.82) is 0 Å². The van der Waals surface area contributed by atoms with Crippen molar-refractivity contribution >= 4 is 5.69 Å². The highest BCUT2D eigenvalue weighted by Crippen LogP contribution is 2.15. The number of ether oxygens (including phenoxy) is 1. The van der Waals surface area contributed by atoms with E-state index in [2.05, 4.69) is 5.32 Å². The van der Waals surface area contributed by atoms with Crippen molar-refractivity contribution in [2.24, 2.45) is 0 Å². The fourth-order valence-corrected chi connectivity index (χ4v) is 1.63. The second-order valence-corrected chi connectivity index (χ2v) is 3.50. The molecule has 3 heteroatoms. The molecule has 1 saturated heterocycles. The monoisotopic (exact) mass is 195 g/mol. The van der Waals surface area contributed by atoms with Gasteiger partial charge in [0.1, 0.15) is 5.82 Å². The van der Waals surface area contributed by atoms with Crippen LogP contribution in [0.1, 0.15) is 12.8 Å². The molecular weight excluding hydrogens is 181 g/mol. The average molecular weight is 195 g/mol. The summed E-state index contributed by atoms with van der Waals surface area (Å²) in [4.78, 5) is 0. The molecule has 14 heavy (non-hydrogen) atoms. The molecule has 76 valence electrons. The minimum atomic E-state index is -0.203. The van der Waals surface area contributed by atoms with Crippen molar-refractivity contribution in [3.63, 3.8) is 0 Å². The number of nitrogens with one attached hydrogen (secondary N) is 1. The predicted octanol–water partition coefficient (Wildman–Crippen LogP) is 2.42. The lowest BCUT2D eigenvalue weighted by Crippen LogP contribution is -2.18. The zero-order valence-electron chi connectivity index (χ0n) is 8.00. The minimum absolute atomic E-state index is 0.203. The highest BCUT2D eigenvalue weighted by atomic mass is 19.1. The normalized spacial score (nSPS) is 21.1. The Labute approximate surface area is 83.1 Å². The van der Waals surface area contributed by atoms with Crippen LogP contribution in [0.4, 0.5) is 10.1 Å². The summed E-state index contributed by atoms with van der Waals surface area (Å²) >= 11 is 0. The van der Waals surface area contributed by atoms with E-state index in [4.69, 9.17) is 4.74 Å². The van der Waals surface area contributed by atoms with Crippen molar-refractivity contribution in [2.45, 2.75) is 18.9 Å². The van der Waals surface area contributed by atoms with Gasteiger partial charge in [-0.3, -0.25) is 0 Å².